The highest BCUT2D eigenvalue weighted by molar-refractivity contribution is 6.30. The summed E-state index contributed by atoms with van der Waals surface area (Å²) < 4.78 is 5.32. The molecule has 2 aliphatic heterocycles. The topological polar surface area (TPSA) is 56.2 Å². The van der Waals surface area contributed by atoms with Crippen molar-refractivity contribution in [2.45, 2.75) is 6.10 Å². The quantitative estimate of drug-likeness (QED) is 0.836. The van der Waals surface area contributed by atoms with Gasteiger partial charge in [0, 0.05) is 50.8 Å². The van der Waals surface area contributed by atoms with Crippen molar-refractivity contribution in [2.75, 3.05) is 65.6 Å². The molecule has 2 aliphatic rings. The van der Waals surface area contributed by atoms with E-state index in [1.165, 1.54) is 0 Å². The van der Waals surface area contributed by atoms with Crippen LogP contribution in [0, 0.1) is 0 Å². The summed E-state index contributed by atoms with van der Waals surface area (Å²) in [6, 6.07) is 7.30. The molecule has 0 radical (unpaired) electrons. The van der Waals surface area contributed by atoms with Crippen molar-refractivity contribution in [1.29, 1.82) is 0 Å². The van der Waals surface area contributed by atoms with E-state index in [1.807, 2.05) is 17.0 Å². The van der Waals surface area contributed by atoms with Gasteiger partial charge in [0.25, 0.3) is 0 Å². The molecule has 1 aromatic carbocycles. The second-order valence-corrected chi connectivity index (χ2v) is 7.07. The number of aliphatic hydroxyl groups excluding tert-OH is 1. The van der Waals surface area contributed by atoms with Gasteiger partial charge in [-0.15, -0.1) is 0 Å². The number of hydrogen-bond acceptors (Lipinski definition) is 5. The Morgan fingerprint density at radius 3 is 2.32 bits per heavy atom. The highest BCUT2D eigenvalue weighted by atomic mass is 35.5. The molecular weight excluding hydrogens is 342 g/mol. The number of benzene rings is 1. The van der Waals surface area contributed by atoms with Crippen LogP contribution in [0.2, 0.25) is 5.02 Å². The summed E-state index contributed by atoms with van der Waals surface area (Å²) in [5.41, 5.74) is 0.871. The Morgan fingerprint density at radius 2 is 1.68 bits per heavy atom. The number of piperazine rings is 1. The van der Waals surface area contributed by atoms with E-state index >= 15 is 0 Å². The average Bonchev–Trinajstić information content (AvgIpc) is 2.63. The summed E-state index contributed by atoms with van der Waals surface area (Å²) in [7, 11) is 0. The maximum atomic E-state index is 12.4. The van der Waals surface area contributed by atoms with E-state index in [1.54, 1.807) is 12.1 Å². The van der Waals surface area contributed by atoms with Crippen molar-refractivity contribution in [3.8, 4) is 0 Å². The zero-order valence-electron chi connectivity index (χ0n) is 14.4. The zero-order chi connectivity index (χ0) is 17.6. The van der Waals surface area contributed by atoms with E-state index in [0.29, 0.717) is 31.3 Å². The smallest absolute Gasteiger partial charge is 0.236 e. The Kier molecular flexibility index (Phi) is 6.67. The third-order valence-corrected chi connectivity index (χ3v) is 5.13. The van der Waals surface area contributed by atoms with Gasteiger partial charge in [-0.25, -0.2) is 0 Å². The van der Waals surface area contributed by atoms with E-state index < -0.39 is 6.10 Å². The van der Waals surface area contributed by atoms with E-state index in [4.69, 9.17) is 16.3 Å². The summed E-state index contributed by atoms with van der Waals surface area (Å²) in [5.74, 6) is 0.194. The molecule has 0 spiro atoms. The molecule has 6 nitrogen and oxygen atoms in total. The highest BCUT2D eigenvalue weighted by Crippen LogP contribution is 2.18. The van der Waals surface area contributed by atoms with Crippen molar-refractivity contribution in [3.05, 3.63) is 34.9 Å². The largest absolute Gasteiger partial charge is 0.387 e. The molecule has 2 saturated heterocycles. The van der Waals surface area contributed by atoms with Crippen LogP contribution in [-0.2, 0) is 9.53 Å². The molecule has 1 aromatic rings. The Balaban J connectivity index is 1.41. The lowest BCUT2D eigenvalue weighted by molar-refractivity contribution is -0.135. The predicted molar refractivity (Wildman–Crippen MR) is 96.7 cm³/mol. The molecule has 138 valence electrons. The van der Waals surface area contributed by atoms with Crippen molar-refractivity contribution < 1.29 is 14.6 Å². The van der Waals surface area contributed by atoms with Crippen LogP contribution in [0.15, 0.2) is 24.3 Å². The lowest BCUT2D eigenvalue weighted by atomic mass is 10.1. The monoisotopic (exact) mass is 367 g/mol. The number of carbonyl (C=O) groups is 1. The molecule has 0 bridgehead atoms. The number of morpholine rings is 1. The second-order valence-electron chi connectivity index (χ2n) is 6.64. The van der Waals surface area contributed by atoms with Crippen LogP contribution in [0.4, 0.5) is 0 Å². The minimum absolute atomic E-state index is 0.194. The van der Waals surface area contributed by atoms with E-state index in [2.05, 4.69) is 9.80 Å². The molecule has 3 rings (SSSR count). The Bertz CT molecular complexity index is 555. The molecule has 25 heavy (non-hydrogen) atoms. The van der Waals surface area contributed by atoms with Crippen LogP contribution in [0.3, 0.4) is 0 Å². The SMILES string of the molecule is O=C(CN1CCOCC1)N1CCN(CC(O)c2ccc(Cl)cc2)CC1. The van der Waals surface area contributed by atoms with Crippen LogP contribution in [0.25, 0.3) is 0 Å². The van der Waals surface area contributed by atoms with Gasteiger partial charge in [-0.3, -0.25) is 14.6 Å². The number of hydrogen-bond donors (Lipinski definition) is 1. The van der Waals surface area contributed by atoms with Crippen molar-refractivity contribution in [3.63, 3.8) is 0 Å². The fraction of sp³-hybridized carbons (Fsp3) is 0.611. The number of halogens is 1. The minimum Gasteiger partial charge on any atom is -0.387 e. The maximum Gasteiger partial charge on any atom is 0.236 e. The van der Waals surface area contributed by atoms with Crippen LogP contribution in [-0.4, -0.2) is 91.3 Å². The maximum absolute atomic E-state index is 12.4. The molecule has 2 fully saturated rings. The summed E-state index contributed by atoms with van der Waals surface area (Å²) in [5, 5.41) is 11.0. The van der Waals surface area contributed by atoms with Gasteiger partial charge in [0.15, 0.2) is 0 Å². The standard InChI is InChI=1S/C18H26ClN3O3/c19-16-3-1-15(2-4-16)17(23)13-20-5-7-22(8-6-20)18(24)14-21-9-11-25-12-10-21/h1-4,17,23H,5-14H2. The van der Waals surface area contributed by atoms with Gasteiger partial charge in [0.05, 0.1) is 25.9 Å². The zero-order valence-corrected chi connectivity index (χ0v) is 15.2. The van der Waals surface area contributed by atoms with Gasteiger partial charge in [-0.05, 0) is 17.7 Å². The molecule has 1 atom stereocenters. The number of nitrogens with zero attached hydrogens (tertiary/aromatic N) is 3. The van der Waals surface area contributed by atoms with Crippen LogP contribution in [0.1, 0.15) is 11.7 Å². The molecule has 1 unspecified atom stereocenters. The minimum atomic E-state index is -0.534. The highest BCUT2D eigenvalue weighted by Gasteiger charge is 2.24. The first-order valence-electron chi connectivity index (χ1n) is 8.85. The normalized spacial score (nSPS) is 21.3. The van der Waals surface area contributed by atoms with Crippen LogP contribution < -0.4 is 0 Å². The van der Waals surface area contributed by atoms with E-state index in [9.17, 15) is 9.90 Å². The first-order valence-corrected chi connectivity index (χ1v) is 9.23. The van der Waals surface area contributed by atoms with Gasteiger partial charge in [0.1, 0.15) is 0 Å². The van der Waals surface area contributed by atoms with Crippen LogP contribution >= 0.6 is 11.6 Å². The molecule has 0 saturated carbocycles. The number of β-amino-alcohol motifs (C(OH)–C–C–N with tert-alkyl or cyclic N) is 1. The van der Waals surface area contributed by atoms with E-state index in [0.717, 1.165) is 44.8 Å². The number of ether oxygens (including phenoxy) is 1. The third-order valence-electron chi connectivity index (χ3n) is 4.87. The predicted octanol–water partition coefficient (Wildman–Crippen LogP) is 0.850. The molecule has 0 aliphatic carbocycles. The number of carbonyl (C=O) groups excluding carboxylic acids is 1. The van der Waals surface area contributed by atoms with Gasteiger partial charge in [-0.2, -0.15) is 0 Å². The van der Waals surface area contributed by atoms with Gasteiger partial charge in [0.2, 0.25) is 5.91 Å². The lowest BCUT2D eigenvalue weighted by Gasteiger charge is -2.37. The summed E-state index contributed by atoms with van der Waals surface area (Å²) in [6.07, 6.45) is -0.534. The molecule has 1 N–H and O–H groups in total. The number of aliphatic hydroxyl groups is 1. The Hall–Kier alpha value is -1.18. The van der Waals surface area contributed by atoms with Gasteiger partial charge in [-0.1, -0.05) is 23.7 Å². The molecule has 1 amide bonds. The van der Waals surface area contributed by atoms with Crippen molar-refractivity contribution in [1.82, 2.24) is 14.7 Å². The molecule has 2 heterocycles. The Morgan fingerprint density at radius 1 is 1.04 bits per heavy atom. The fourth-order valence-corrected chi connectivity index (χ4v) is 3.39. The second kappa shape index (κ2) is 8.96. The van der Waals surface area contributed by atoms with Gasteiger partial charge < -0.3 is 14.7 Å². The average molecular weight is 368 g/mol. The molecule has 0 aromatic heterocycles. The summed E-state index contributed by atoms with van der Waals surface area (Å²) >= 11 is 5.88. The lowest BCUT2D eigenvalue weighted by Crippen LogP contribution is -2.52. The van der Waals surface area contributed by atoms with E-state index in [-0.39, 0.29) is 5.91 Å². The van der Waals surface area contributed by atoms with Gasteiger partial charge >= 0.3 is 0 Å². The van der Waals surface area contributed by atoms with Crippen molar-refractivity contribution in [2.24, 2.45) is 0 Å². The number of amides is 1. The van der Waals surface area contributed by atoms with Crippen LogP contribution in [0.5, 0.6) is 0 Å². The van der Waals surface area contributed by atoms with Crippen molar-refractivity contribution >= 4 is 17.5 Å². The first-order chi connectivity index (χ1) is 12.1. The summed E-state index contributed by atoms with van der Waals surface area (Å²) in [6.45, 7) is 7.17. The third kappa shape index (κ3) is 5.39. The first kappa shape index (κ1) is 18.6. The number of rotatable bonds is 5. The molecule has 7 heteroatoms. The molecular formula is C18H26ClN3O3. The summed E-state index contributed by atoms with van der Waals surface area (Å²) in [4.78, 5) is 18.7. The fourth-order valence-electron chi connectivity index (χ4n) is 3.27. The Labute approximate surface area is 153 Å².